The van der Waals surface area contributed by atoms with Gasteiger partial charge in [0.2, 0.25) is 0 Å². The minimum atomic E-state index is -0.675. The Morgan fingerprint density at radius 2 is 1.32 bits per heavy atom. The number of hydrogen-bond acceptors (Lipinski definition) is 2. The second-order valence-corrected chi connectivity index (χ2v) is 6.16. The normalized spacial score (nSPS) is 10.2. The van der Waals surface area contributed by atoms with Crippen molar-refractivity contribution in [1.29, 1.82) is 0 Å². The molecule has 0 aliphatic carbocycles. The van der Waals surface area contributed by atoms with Crippen molar-refractivity contribution in [1.82, 2.24) is 0 Å². The van der Waals surface area contributed by atoms with Crippen molar-refractivity contribution in [3.05, 3.63) is 0 Å². The predicted molar refractivity (Wildman–Crippen MR) is 88.6 cm³/mol. The van der Waals surface area contributed by atoms with Crippen LogP contribution in [0.3, 0.4) is 0 Å². The molecule has 0 aromatic heterocycles. The number of rotatable bonds is 14. The molecule has 0 saturated carbocycles. The van der Waals surface area contributed by atoms with Crippen LogP contribution in [-0.4, -0.2) is 41.4 Å². The molecule has 0 saturated heterocycles. The summed E-state index contributed by atoms with van der Waals surface area (Å²) in [6, 6.07) is 0. The Hall–Kier alpha value is 0.417. The third kappa shape index (κ3) is 20.9. The van der Waals surface area contributed by atoms with E-state index in [-0.39, 0.29) is 18.9 Å². The van der Waals surface area contributed by atoms with Crippen LogP contribution in [0, 0.1) is 0 Å². The van der Waals surface area contributed by atoms with Crippen LogP contribution < -0.4 is 0 Å². The van der Waals surface area contributed by atoms with Crippen molar-refractivity contribution >= 4 is 36.6 Å². The average Bonchev–Trinajstić information content (AvgIpc) is 2.34. The van der Waals surface area contributed by atoms with E-state index >= 15 is 0 Å². The summed E-state index contributed by atoms with van der Waals surface area (Å²) >= 11 is 1.78. The first-order valence-electron chi connectivity index (χ1n) is 7.57. The quantitative estimate of drug-likeness (QED) is 0.377. The molecule has 19 heavy (non-hydrogen) atoms. The fourth-order valence-electron chi connectivity index (χ4n) is 1.95. The topological polar surface area (TPSA) is 37.3 Å². The fraction of sp³-hybridized carbons (Fsp3) is 0.933. The Morgan fingerprint density at radius 1 is 0.842 bits per heavy atom. The first kappa shape index (κ1) is 21.7. The van der Waals surface area contributed by atoms with E-state index < -0.39 is 5.97 Å². The molecule has 4 heteroatoms. The van der Waals surface area contributed by atoms with Gasteiger partial charge in [-0.15, -0.1) is 0 Å². The Morgan fingerprint density at radius 3 is 1.79 bits per heavy atom. The number of thioether (sulfide) groups is 1. The molecule has 0 atom stereocenters. The van der Waals surface area contributed by atoms with Crippen LogP contribution in [0.4, 0.5) is 0 Å². The molecule has 0 bridgehead atoms. The van der Waals surface area contributed by atoms with Gasteiger partial charge in [-0.05, 0) is 12.2 Å². The van der Waals surface area contributed by atoms with Gasteiger partial charge in [0.25, 0.3) is 0 Å². The molecule has 0 aromatic rings. The minimum absolute atomic E-state index is 0. The summed E-state index contributed by atoms with van der Waals surface area (Å²) in [7, 11) is 0. The predicted octanol–water partition coefficient (Wildman–Crippen LogP) is 4.47. The molecule has 2 nitrogen and oxygen atoms in total. The summed E-state index contributed by atoms with van der Waals surface area (Å²) in [6.07, 6.45) is 14.0. The molecule has 0 radical (unpaired) electrons. The SMILES string of the molecule is CCCCCCCCCCCCSCCC(=O)O.[LiH]. The molecular weight excluding hydrogens is 251 g/mol. The number of carboxylic acid groups (broad SMARTS) is 1. The molecule has 0 aromatic carbocycles. The molecule has 0 amide bonds. The number of hydrogen-bond donors (Lipinski definition) is 1. The Labute approximate surface area is 135 Å². The standard InChI is InChI=1S/C15H30O2S.Li.H/c1-2-3-4-5-6-7-8-9-10-11-13-18-14-12-15(16)17;;/h2-14H2,1H3,(H,16,17);;. The van der Waals surface area contributed by atoms with Gasteiger partial charge in [-0.3, -0.25) is 4.79 Å². The molecule has 0 fully saturated rings. The number of aliphatic carboxylic acids is 1. The van der Waals surface area contributed by atoms with Gasteiger partial charge in [0.15, 0.2) is 0 Å². The van der Waals surface area contributed by atoms with Gasteiger partial charge in [0.1, 0.15) is 0 Å². The number of carbonyl (C=O) groups is 1. The van der Waals surface area contributed by atoms with Crippen LogP contribution in [0.1, 0.15) is 77.6 Å². The van der Waals surface area contributed by atoms with E-state index in [4.69, 9.17) is 5.11 Å². The Kier molecular flexibility index (Phi) is 21.0. The molecule has 0 unspecified atom stereocenters. The van der Waals surface area contributed by atoms with E-state index in [1.54, 1.807) is 11.8 Å². The second kappa shape index (κ2) is 18.4. The van der Waals surface area contributed by atoms with Gasteiger partial charge in [-0.25, -0.2) is 0 Å². The van der Waals surface area contributed by atoms with Crippen LogP contribution in [0.5, 0.6) is 0 Å². The summed E-state index contributed by atoms with van der Waals surface area (Å²) in [6.45, 7) is 2.26. The molecule has 0 heterocycles. The molecule has 110 valence electrons. The molecule has 1 N–H and O–H groups in total. The summed E-state index contributed by atoms with van der Waals surface area (Å²) in [5, 5.41) is 8.48. The van der Waals surface area contributed by atoms with E-state index in [2.05, 4.69) is 6.92 Å². The van der Waals surface area contributed by atoms with Gasteiger partial charge in [0.05, 0.1) is 6.42 Å². The van der Waals surface area contributed by atoms with E-state index in [0.717, 1.165) is 11.5 Å². The molecule has 0 aliphatic rings. The third-order valence-electron chi connectivity index (χ3n) is 3.10. The monoisotopic (exact) mass is 282 g/mol. The zero-order chi connectivity index (χ0) is 13.5. The van der Waals surface area contributed by atoms with Gasteiger partial charge in [-0.2, -0.15) is 11.8 Å². The van der Waals surface area contributed by atoms with Gasteiger partial charge in [-0.1, -0.05) is 64.7 Å². The first-order valence-corrected chi connectivity index (χ1v) is 8.72. The van der Waals surface area contributed by atoms with E-state index in [9.17, 15) is 4.79 Å². The van der Waals surface area contributed by atoms with Crippen LogP contribution in [0.2, 0.25) is 0 Å². The average molecular weight is 282 g/mol. The molecule has 0 aliphatic heterocycles. The second-order valence-electron chi connectivity index (χ2n) is 4.94. The summed E-state index contributed by atoms with van der Waals surface area (Å²) in [5.41, 5.74) is 0. The molecular formula is C15H31LiO2S. The van der Waals surface area contributed by atoms with Crippen LogP contribution in [-0.2, 0) is 4.79 Å². The van der Waals surface area contributed by atoms with Gasteiger partial charge in [0, 0.05) is 5.75 Å². The zero-order valence-electron chi connectivity index (χ0n) is 12.0. The van der Waals surface area contributed by atoms with Gasteiger partial charge >= 0.3 is 24.8 Å². The van der Waals surface area contributed by atoms with E-state index in [1.807, 2.05) is 0 Å². The summed E-state index contributed by atoms with van der Waals surface area (Å²) < 4.78 is 0. The van der Waals surface area contributed by atoms with Gasteiger partial charge < -0.3 is 5.11 Å². The number of carboxylic acids is 1. The zero-order valence-corrected chi connectivity index (χ0v) is 12.8. The first-order chi connectivity index (χ1) is 8.77. The fourth-order valence-corrected chi connectivity index (χ4v) is 2.88. The van der Waals surface area contributed by atoms with Crippen LogP contribution >= 0.6 is 11.8 Å². The maximum atomic E-state index is 10.3. The van der Waals surface area contributed by atoms with Crippen molar-refractivity contribution in [2.75, 3.05) is 11.5 Å². The van der Waals surface area contributed by atoms with Crippen LogP contribution in [0.25, 0.3) is 0 Å². The van der Waals surface area contributed by atoms with Crippen LogP contribution in [0.15, 0.2) is 0 Å². The molecule has 0 rings (SSSR count). The van der Waals surface area contributed by atoms with Crippen molar-refractivity contribution in [2.45, 2.75) is 77.6 Å². The summed E-state index contributed by atoms with van der Waals surface area (Å²) in [5.74, 6) is 1.22. The Bertz CT molecular complexity index is 189. The van der Waals surface area contributed by atoms with Crippen molar-refractivity contribution in [2.24, 2.45) is 0 Å². The third-order valence-corrected chi connectivity index (χ3v) is 4.17. The van der Waals surface area contributed by atoms with E-state index in [0.29, 0.717) is 6.42 Å². The summed E-state index contributed by atoms with van der Waals surface area (Å²) in [4.78, 5) is 10.3. The maximum absolute atomic E-state index is 10.3. The number of unbranched alkanes of at least 4 members (excludes halogenated alkanes) is 9. The van der Waals surface area contributed by atoms with Crippen molar-refractivity contribution in [3.63, 3.8) is 0 Å². The Balaban J connectivity index is 0. The van der Waals surface area contributed by atoms with Crippen molar-refractivity contribution < 1.29 is 9.90 Å². The van der Waals surface area contributed by atoms with E-state index in [1.165, 1.54) is 64.2 Å². The van der Waals surface area contributed by atoms with Crippen molar-refractivity contribution in [3.8, 4) is 0 Å². The molecule has 0 spiro atoms.